The van der Waals surface area contributed by atoms with E-state index in [0.29, 0.717) is 0 Å². The maximum Gasteiger partial charge on any atom is 0.307 e. The lowest BCUT2D eigenvalue weighted by Crippen LogP contribution is -2.19. The first-order valence-electron chi connectivity index (χ1n) is 4.76. The Morgan fingerprint density at radius 2 is 2.27 bits per heavy atom. The Kier molecular flexibility index (Phi) is 4.53. The number of aliphatic carboxylic acids is 1. The maximum absolute atomic E-state index is 10.7. The second kappa shape index (κ2) is 5.46. The van der Waals surface area contributed by atoms with Gasteiger partial charge >= 0.3 is 5.97 Å². The van der Waals surface area contributed by atoms with Crippen LogP contribution in [0.5, 0.6) is 0 Å². The Morgan fingerprint density at radius 3 is 2.73 bits per heavy atom. The number of carboxylic acids is 1. The average molecular weight is 246 g/mol. The summed E-state index contributed by atoms with van der Waals surface area (Å²) in [5.41, 5.74) is 0. The highest BCUT2D eigenvalue weighted by Crippen LogP contribution is 2.29. The van der Waals surface area contributed by atoms with E-state index in [0.717, 1.165) is 16.6 Å². The summed E-state index contributed by atoms with van der Waals surface area (Å²) >= 11 is 2.82. The zero-order chi connectivity index (χ0) is 11.4. The summed E-state index contributed by atoms with van der Waals surface area (Å²) in [5, 5.41) is 8.85. The number of aromatic nitrogens is 2. The SMILES string of the molecule is CCc1nsc(SC(C)C(C)C(=O)O)n1. The number of hydrogen-bond donors (Lipinski definition) is 1. The molecule has 6 heteroatoms. The van der Waals surface area contributed by atoms with Gasteiger partial charge in [-0.15, -0.1) is 0 Å². The van der Waals surface area contributed by atoms with Gasteiger partial charge in [0.05, 0.1) is 5.92 Å². The van der Waals surface area contributed by atoms with Crippen LogP contribution in [-0.4, -0.2) is 25.7 Å². The van der Waals surface area contributed by atoms with Gasteiger partial charge < -0.3 is 5.11 Å². The second-order valence-corrected chi connectivity index (χ2v) is 5.66. The lowest BCUT2D eigenvalue weighted by atomic mass is 10.1. The van der Waals surface area contributed by atoms with E-state index in [1.165, 1.54) is 23.3 Å². The number of aryl methyl sites for hydroxylation is 1. The van der Waals surface area contributed by atoms with E-state index in [4.69, 9.17) is 5.11 Å². The van der Waals surface area contributed by atoms with E-state index in [2.05, 4.69) is 9.36 Å². The van der Waals surface area contributed by atoms with Crippen LogP contribution in [0, 0.1) is 5.92 Å². The molecule has 1 aromatic rings. The summed E-state index contributed by atoms with van der Waals surface area (Å²) in [7, 11) is 0. The van der Waals surface area contributed by atoms with E-state index >= 15 is 0 Å². The molecule has 1 N–H and O–H groups in total. The molecule has 0 radical (unpaired) electrons. The number of hydrogen-bond acceptors (Lipinski definition) is 5. The quantitative estimate of drug-likeness (QED) is 0.808. The summed E-state index contributed by atoms with van der Waals surface area (Å²) in [6, 6.07) is 0. The van der Waals surface area contributed by atoms with Gasteiger partial charge in [0, 0.05) is 11.7 Å². The van der Waals surface area contributed by atoms with Crippen LogP contribution in [0.15, 0.2) is 4.34 Å². The van der Waals surface area contributed by atoms with Gasteiger partial charge in [0.15, 0.2) is 4.34 Å². The Balaban J connectivity index is 2.57. The van der Waals surface area contributed by atoms with Crippen molar-refractivity contribution in [1.82, 2.24) is 9.36 Å². The third-order valence-corrected chi connectivity index (χ3v) is 4.28. The molecule has 2 atom stereocenters. The molecule has 0 bridgehead atoms. The summed E-state index contributed by atoms with van der Waals surface area (Å²) in [4.78, 5) is 15.0. The molecule has 0 amide bonds. The van der Waals surface area contributed by atoms with Gasteiger partial charge in [0.2, 0.25) is 0 Å². The highest BCUT2D eigenvalue weighted by atomic mass is 32.2. The molecule has 0 saturated heterocycles. The molecule has 2 unspecified atom stereocenters. The minimum Gasteiger partial charge on any atom is -0.481 e. The van der Waals surface area contributed by atoms with Crippen LogP contribution in [0.4, 0.5) is 0 Å². The van der Waals surface area contributed by atoms with E-state index in [9.17, 15) is 4.79 Å². The number of thioether (sulfide) groups is 1. The molecule has 1 rings (SSSR count). The van der Waals surface area contributed by atoms with E-state index in [1.807, 2.05) is 13.8 Å². The van der Waals surface area contributed by atoms with Crippen LogP contribution in [-0.2, 0) is 11.2 Å². The minimum absolute atomic E-state index is 0.0140. The molecular formula is C9H14N2O2S2. The molecule has 4 nitrogen and oxygen atoms in total. The van der Waals surface area contributed by atoms with Crippen molar-refractivity contribution >= 4 is 29.3 Å². The van der Waals surface area contributed by atoms with Gasteiger partial charge in [0.1, 0.15) is 5.82 Å². The third-order valence-electron chi connectivity index (χ3n) is 2.15. The highest BCUT2D eigenvalue weighted by Gasteiger charge is 2.21. The fourth-order valence-corrected chi connectivity index (χ4v) is 2.93. The predicted molar refractivity (Wildman–Crippen MR) is 61.4 cm³/mol. The van der Waals surface area contributed by atoms with Gasteiger partial charge in [-0.3, -0.25) is 4.79 Å². The van der Waals surface area contributed by atoms with Crippen LogP contribution in [0.1, 0.15) is 26.6 Å². The van der Waals surface area contributed by atoms with E-state index in [-0.39, 0.29) is 11.2 Å². The molecule has 0 aliphatic rings. The smallest absolute Gasteiger partial charge is 0.307 e. The molecule has 0 fully saturated rings. The van der Waals surface area contributed by atoms with E-state index in [1.54, 1.807) is 6.92 Å². The number of carbonyl (C=O) groups is 1. The Hall–Kier alpha value is -0.620. The first-order chi connectivity index (χ1) is 7.04. The summed E-state index contributed by atoms with van der Waals surface area (Å²) in [5.74, 6) is -0.308. The van der Waals surface area contributed by atoms with Crippen LogP contribution in [0.3, 0.4) is 0 Å². The van der Waals surface area contributed by atoms with Gasteiger partial charge in [-0.25, -0.2) is 4.98 Å². The number of nitrogens with zero attached hydrogens (tertiary/aromatic N) is 2. The molecule has 0 saturated carbocycles. The zero-order valence-corrected chi connectivity index (χ0v) is 10.6. The summed E-state index contributed by atoms with van der Waals surface area (Å²) < 4.78 is 5.01. The molecule has 84 valence electrons. The fraction of sp³-hybridized carbons (Fsp3) is 0.667. The van der Waals surface area contributed by atoms with Crippen LogP contribution in [0.2, 0.25) is 0 Å². The summed E-state index contributed by atoms with van der Waals surface area (Å²) in [6.45, 7) is 5.61. The maximum atomic E-state index is 10.7. The highest BCUT2D eigenvalue weighted by molar-refractivity contribution is 8.01. The molecule has 0 aliphatic carbocycles. The lowest BCUT2D eigenvalue weighted by Gasteiger charge is -2.12. The lowest BCUT2D eigenvalue weighted by molar-refractivity contribution is -0.140. The monoisotopic (exact) mass is 246 g/mol. The van der Waals surface area contributed by atoms with Gasteiger partial charge in [-0.1, -0.05) is 32.5 Å². The molecule has 0 spiro atoms. The van der Waals surface area contributed by atoms with Crippen molar-refractivity contribution in [2.24, 2.45) is 5.92 Å². The number of carboxylic acid groups (broad SMARTS) is 1. The molecule has 1 heterocycles. The molecule has 0 aromatic carbocycles. The van der Waals surface area contributed by atoms with E-state index < -0.39 is 5.97 Å². The van der Waals surface area contributed by atoms with Crippen molar-refractivity contribution in [2.75, 3.05) is 0 Å². The van der Waals surface area contributed by atoms with Crippen molar-refractivity contribution in [3.05, 3.63) is 5.82 Å². The largest absolute Gasteiger partial charge is 0.481 e. The van der Waals surface area contributed by atoms with Crippen molar-refractivity contribution in [3.8, 4) is 0 Å². The third kappa shape index (κ3) is 3.46. The van der Waals surface area contributed by atoms with Crippen LogP contribution >= 0.6 is 23.3 Å². The van der Waals surface area contributed by atoms with Crippen molar-refractivity contribution in [3.63, 3.8) is 0 Å². The first kappa shape index (κ1) is 12.4. The molecule has 1 aromatic heterocycles. The van der Waals surface area contributed by atoms with Gasteiger partial charge in [-0.05, 0) is 11.5 Å². The predicted octanol–water partition coefficient (Wildman–Crippen LogP) is 2.30. The topological polar surface area (TPSA) is 63.1 Å². The molecule has 15 heavy (non-hydrogen) atoms. The number of rotatable bonds is 5. The normalized spacial score (nSPS) is 14.9. The molecular weight excluding hydrogens is 232 g/mol. The minimum atomic E-state index is -0.768. The summed E-state index contributed by atoms with van der Waals surface area (Å²) in [6.07, 6.45) is 0.819. The first-order valence-corrected chi connectivity index (χ1v) is 6.42. The Morgan fingerprint density at radius 1 is 1.60 bits per heavy atom. The van der Waals surface area contributed by atoms with Gasteiger partial charge in [0.25, 0.3) is 0 Å². The molecule has 0 aliphatic heterocycles. The van der Waals surface area contributed by atoms with Gasteiger partial charge in [-0.2, -0.15) is 4.37 Å². The Labute approximate surface area is 97.3 Å². The zero-order valence-electron chi connectivity index (χ0n) is 8.93. The van der Waals surface area contributed by atoms with Crippen molar-refractivity contribution < 1.29 is 9.90 Å². The second-order valence-electron chi connectivity index (χ2n) is 3.28. The average Bonchev–Trinajstić information content (AvgIpc) is 2.64. The van der Waals surface area contributed by atoms with Crippen molar-refractivity contribution in [2.45, 2.75) is 36.8 Å². The van der Waals surface area contributed by atoms with Crippen LogP contribution < -0.4 is 0 Å². The standard InChI is InChI=1S/C9H14N2O2S2/c1-4-7-10-9(15-11-7)14-6(3)5(2)8(12)13/h5-6H,4H2,1-3H3,(H,12,13). The van der Waals surface area contributed by atoms with Crippen molar-refractivity contribution in [1.29, 1.82) is 0 Å². The van der Waals surface area contributed by atoms with Crippen LogP contribution in [0.25, 0.3) is 0 Å². The Bertz CT molecular complexity index is 341. The fourth-order valence-electron chi connectivity index (χ4n) is 0.891.